The Bertz CT molecular complexity index is 696. The van der Waals surface area contributed by atoms with E-state index in [9.17, 15) is 13.2 Å². The van der Waals surface area contributed by atoms with Gasteiger partial charge in [-0.05, 0) is 25.8 Å². The van der Waals surface area contributed by atoms with Crippen molar-refractivity contribution < 1.29 is 13.2 Å². The molecule has 0 saturated heterocycles. The zero-order chi connectivity index (χ0) is 15.2. The van der Waals surface area contributed by atoms with Gasteiger partial charge in [-0.25, -0.2) is 9.97 Å². The molecule has 1 aliphatic carbocycles. The van der Waals surface area contributed by atoms with Crippen molar-refractivity contribution in [1.29, 1.82) is 0 Å². The van der Waals surface area contributed by atoms with E-state index < -0.39 is 11.7 Å². The summed E-state index contributed by atoms with van der Waals surface area (Å²) in [4.78, 5) is 12.3. The maximum absolute atomic E-state index is 13.1. The second-order valence-electron chi connectivity index (χ2n) is 5.04. The molecule has 0 aliphatic heterocycles. The maximum atomic E-state index is 13.1. The summed E-state index contributed by atoms with van der Waals surface area (Å²) in [6.45, 7) is 1.61. The van der Waals surface area contributed by atoms with Crippen molar-refractivity contribution in [2.45, 2.75) is 31.9 Å². The standard InChI is InChI=1S/C14H11ClF3N3/c1-7-11(20-13(8-2-3-8)21-12(7)15)9-6-19-5-4-10(9)14(16,17)18/h4-6,8H,2-3H2,1H3. The number of halogens is 4. The van der Waals surface area contributed by atoms with Crippen LogP contribution in [-0.2, 0) is 6.18 Å². The first-order valence-corrected chi connectivity index (χ1v) is 6.81. The zero-order valence-corrected chi connectivity index (χ0v) is 11.8. The van der Waals surface area contributed by atoms with Crippen molar-refractivity contribution in [2.24, 2.45) is 0 Å². The van der Waals surface area contributed by atoms with Gasteiger partial charge in [-0.2, -0.15) is 13.2 Å². The van der Waals surface area contributed by atoms with Crippen LogP contribution >= 0.6 is 11.6 Å². The summed E-state index contributed by atoms with van der Waals surface area (Å²) in [6.07, 6.45) is -0.296. The lowest BCUT2D eigenvalue weighted by Crippen LogP contribution is -2.09. The molecule has 21 heavy (non-hydrogen) atoms. The number of pyridine rings is 1. The number of hydrogen-bond donors (Lipinski definition) is 0. The lowest BCUT2D eigenvalue weighted by Gasteiger charge is -2.14. The highest BCUT2D eigenvalue weighted by Crippen LogP contribution is 2.42. The fourth-order valence-electron chi connectivity index (χ4n) is 2.12. The van der Waals surface area contributed by atoms with Gasteiger partial charge in [0.1, 0.15) is 11.0 Å². The van der Waals surface area contributed by atoms with Gasteiger partial charge in [-0.15, -0.1) is 0 Å². The Balaban J connectivity index is 2.21. The van der Waals surface area contributed by atoms with E-state index in [0.29, 0.717) is 11.4 Å². The number of nitrogens with zero attached hydrogens (tertiary/aromatic N) is 3. The van der Waals surface area contributed by atoms with E-state index in [4.69, 9.17) is 11.6 Å². The summed E-state index contributed by atoms with van der Waals surface area (Å²) in [6, 6.07) is 0.946. The summed E-state index contributed by atoms with van der Waals surface area (Å²) in [5.74, 6) is 0.713. The maximum Gasteiger partial charge on any atom is 0.417 e. The first kappa shape index (κ1) is 14.3. The molecule has 2 heterocycles. The van der Waals surface area contributed by atoms with Crippen LogP contribution < -0.4 is 0 Å². The van der Waals surface area contributed by atoms with Gasteiger partial charge in [-0.3, -0.25) is 4.98 Å². The molecule has 7 heteroatoms. The van der Waals surface area contributed by atoms with E-state index >= 15 is 0 Å². The fourth-order valence-corrected chi connectivity index (χ4v) is 2.30. The first-order valence-electron chi connectivity index (χ1n) is 6.43. The Kier molecular flexibility index (Phi) is 3.36. The Labute approximate surface area is 124 Å². The van der Waals surface area contributed by atoms with E-state index in [1.165, 1.54) is 6.20 Å². The normalized spacial score (nSPS) is 15.3. The molecule has 1 aliphatic rings. The SMILES string of the molecule is Cc1c(Cl)nc(C2CC2)nc1-c1cnccc1C(F)(F)F. The van der Waals surface area contributed by atoms with Crippen molar-refractivity contribution >= 4 is 11.6 Å². The van der Waals surface area contributed by atoms with Crippen molar-refractivity contribution in [3.8, 4) is 11.3 Å². The third kappa shape index (κ3) is 2.72. The molecule has 0 spiro atoms. The van der Waals surface area contributed by atoms with Crippen LogP contribution in [0.25, 0.3) is 11.3 Å². The number of aromatic nitrogens is 3. The van der Waals surface area contributed by atoms with Gasteiger partial charge in [0.25, 0.3) is 0 Å². The Morgan fingerprint density at radius 1 is 1.24 bits per heavy atom. The highest BCUT2D eigenvalue weighted by Gasteiger charge is 2.35. The summed E-state index contributed by atoms with van der Waals surface area (Å²) in [5.41, 5.74) is -0.192. The van der Waals surface area contributed by atoms with Crippen molar-refractivity contribution in [1.82, 2.24) is 15.0 Å². The molecular weight excluding hydrogens is 303 g/mol. The second-order valence-corrected chi connectivity index (χ2v) is 5.40. The van der Waals surface area contributed by atoms with E-state index in [2.05, 4.69) is 15.0 Å². The van der Waals surface area contributed by atoms with E-state index in [0.717, 1.165) is 25.1 Å². The zero-order valence-electron chi connectivity index (χ0n) is 11.1. The smallest absolute Gasteiger partial charge is 0.264 e. The predicted octanol–water partition coefficient (Wildman–Crippen LogP) is 4.40. The number of hydrogen-bond acceptors (Lipinski definition) is 3. The molecule has 1 fully saturated rings. The molecule has 0 bridgehead atoms. The quantitative estimate of drug-likeness (QED) is 0.771. The van der Waals surface area contributed by atoms with Crippen molar-refractivity contribution in [2.75, 3.05) is 0 Å². The van der Waals surface area contributed by atoms with Crippen LogP contribution in [0.1, 0.15) is 35.7 Å². The molecule has 0 unspecified atom stereocenters. The molecule has 2 aromatic rings. The van der Waals surface area contributed by atoms with Gasteiger partial charge >= 0.3 is 6.18 Å². The second kappa shape index (κ2) is 4.94. The van der Waals surface area contributed by atoms with E-state index in [1.807, 2.05) is 0 Å². The Hall–Kier alpha value is -1.69. The first-order chi connectivity index (χ1) is 9.88. The minimum Gasteiger partial charge on any atom is -0.264 e. The molecule has 0 amide bonds. The van der Waals surface area contributed by atoms with Crippen LogP contribution in [0.5, 0.6) is 0 Å². The van der Waals surface area contributed by atoms with Gasteiger partial charge in [0.05, 0.1) is 11.3 Å². The Morgan fingerprint density at radius 2 is 1.95 bits per heavy atom. The molecule has 0 N–H and O–H groups in total. The summed E-state index contributed by atoms with van der Waals surface area (Å²) < 4.78 is 39.4. The minimum absolute atomic E-state index is 0.0614. The van der Waals surface area contributed by atoms with Crippen LogP contribution in [0.2, 0.25) is 5.15 Å². The molecule has 1 saturated carbocycles. The average molecular weight is 314 g/mol. The molecular formula is C14H11ClF3N3. The summed E-state index contributed by atoms with van der Waals surface area (Å²) in [7, 11) is 0. The van der Waals surface area contributed by atoms with Crippen LogP contribution in [-0.4, -0.2) is 15.0 Å². The molecule has 3 nitrogen and oxygen atoms in total. The van der Waals surface area contributed by atoms with Gasteiger partial charge in [0, 0.05) is 29.4 Å². The summed E-state index contributed by atoms with van der Waals surface area (Å²) in [5, 5.41) is 0.193. The summed E-state index contributed by atoms with van der Waals surface area (Å²) >= 11 is 6.05. The number of rotatable bonds is 2. The van der Waals surface area contributed by atoms with Gasteiger partial charge in [0.15, 0.2) is 0 Å². The van der Waals surface area contributed by atoms with Gasteiger partial charge in [-0.1, -0.05) is 11.6 Å². The molecule has 0 radical (unpaired) electrons. The predicted molar refractivity (Wildman–Crippen MR) is 72.0 cm³/mol. The fraction of sp³-hybridized carbons (Fsp3) is 0.357. The third-order valence-electron chi connectivity index (χ3n) is 3.43. The lowest BCUT2D eigenvalue weighted by atomic mass is 10.0. The molecule has 0 atom stereocenters. The molecule has 110 valence electrons. The van der Waals surface area contributed by atoms with E-state index in [1.54, 1.807) is 6.92 Å². The van der Waals surface area contributed by atoms with Crippen LogP contribution in [0, 0.1) is 6.92 Å². The molecule has 0 aromatic carbocycles. The Morgan fingerprint density at radius 3 is 2.57 bits per heavy atom. The monoisotopic (exact) mass is 313 g/mol. The van der Waals surface area contributed by atoms with Crippen molar-refractivity contribution in [3.05, 3.63) is 40.6 Å². The largest absolute Gasteiger partial charge is 0.417 e. The van der Waals surface area contributed by atoms with Crippen molar-refractivity contribution in [3.63, 3.8) is 0 Å². The molecule has 2 aromatic heterocycles. The van der Waals surface area contributed by atoms with E-state index in [-0.39, 0.29) is 22.3 Å². The van der Waals surface area contributed by atoms with Gasteiger partial charge < -0.3 is 0 Å². The topological polar surface area (TPSA) is 38.7 Å². The number of alkyl halides is 3. The third-order valence-corrected chi connectivity index (χ3v) is 3.80. The van der Waals surface area contributed by atoms with Crippen LogP contribution in [0.4, 0.5) is 13.2 Å². The average Bonchev–Trinajstić information content (AvgIpc) is 3.25. The van der Waals surface area contributed by atoms with Gasteiger partial charge in [0.2, 0.25) is 0 Å². The minimum atomic E-state index is -4.47. The van der Waals surface area contributed by atoms with Crippen LogP contribution in [0.15, 0.2) is 18.5 Å². The molecule has 3 rings (SSSR count). The highest BCUT2D eigenvalue weighted by atomic mass is 35.5. The lowest BCUT2D eigenvalue weighted by molar-refractivity contribution is -0.137. The van der Waals surface area contributed by atoms with Crippen LogP contribution in [0.3, 0.4) is 0 Å². The highest BCUT2D eigenvalue weighted by molar-refractivity contribution is 6.30.